The van der Waals surface area contributed by atoms with Crippen molar-refractivity contribution in [1.29, 1.82) is 0 Å². The molecule has 2 rings (SSSR count). The van der Waals surface area contributed by atoms with Gasteiger partial charge in [-0.3, -0.25) is 0 Å². The van der Waals surface area contributed by atoms with Crippen molar-refractivity contribution in [2.24, 2.45) is 10.2 Å². The number of hydrogen-bond acceptors (Lipinski definition) is 7. The molecular weight excluding hydrogens is 326 g/mol. The molecule has 3 N–H and O–H groups in total. The second-order valence-corrected chi connectivity index (χ2v) is 6.36. The van der Waals surface area contributed by atoms with Gasteiger partial charge in [-0.1, -0.05) is 12.1 Å². The van der Waals surface area contributed by atoms with Gasteiger partial charge in [0.1, 0.15) is 11.6 Å². The topological polar surface area (TPSA) is 116 Å². The van der Waals surface area contributed by atoms with Gasteiger partial charge in [0.2, 0.25) is 0 Å². The fourth-order valence-electron chi connectivity index (χ4n) is 2.03. The van der Waals surface area contributed by atoms with Crippen molar-refractivity contribution in [3.05, 3.63) is 29.8 Å². The molecule has 0 fully saturated rings. The van der Waals surface area contributed by atoms with Crippen LogP contribution in [0.5, 0.6) is 0 Å². The molecule has 0 saturated carbocycles. The Morgan fingerprint density at radius 3 is 2.48 bits per heavy atom. The van der Waals surface area contributed by atoms with Crippen LogP contribution < -0.4 is 16.0 Å². The summed E-state index contributed by atoms with van der Waals surface area (Å²) in [4.78, 5) is 23.2. The number of hydrazone groups is 2. The fraction of sp³-hybridized carbons (Fsp3) is 0.375. The number of ether oxygens (including phenoxy) is 1. The molecule has 1 aliphatic heterocycles. The zero-order chi connectivity index (χ0) is 18.4. The Kier molecular flexibility index (Phi) is 5.58. The predicted octanol–water partition coefficient (Wildman–Crippen LogP) is 1.50. The Morgan fingerprint density at radius 1 is 1.28 bits per heavy atom. The van der Waals surface area contributed by atoms with Gasteiger partial charge in [0, 0.05) is 6.42 Å². The van der Waals surface area contributed by atoms with Gasteiger partial charge in [-0.2, -0.15) is 20.9 Å². The summed E-state index contributed by atoms with van der Waals surface area (Å²) in [6.07, 6.45) is 2.42. The van der Waals surface area contributed by atoms with Crippen LogP contribution in [0.3, 0.4) is 0 Å². The summed E-state index contributed by atoms with van der Waals surface area (Å²) in [5.74, 6) is -1.13. The summed E-state index contributed by atoms with van der Waals surface area (Å²) >= 11 is 0. The third-order valence-electron chi connectivity index (χ3n) is 3.09. The van der Waals surface area contributed by atoms with E-state index in [4.69, 9.17) is 4.74 Å². The van der Waals surface area contributed by atoms with Gasteiger partial charge in [-0.25, -0.2) is 9.59 Å². The predicted molar refractivity (Wildman–Crippen MR) is 93.5 cm³/mol. The first kappa shape index (κ1) is 18.2. The number of amides is 1. The van der Waals surface area contributed by atoms with Crippen LogP contribution in [0.4, 0.5) is 10.5 Å². The van der Waals surface area contributed by atoms with E-state index in [2.05, 4.69) is 21.1 Å². The molecule has 0 unspecified atom stereocenters. The van der Waals surface area contributed by atoms with Crippen LogP contribution in [0.25, 0.3) is 0 Å². The number of aliphatic carboxylic acids is 1. The van der Waals surface area contributed by atoms with Crippen LogP contribution in [0, 0.1) is 0 Å². The zero-order valence-corrected chi connectivity index (χ0v) is 14.3. The normalized spacial score (nSPS) is 14.6. The minimum absolute atomic E-state index is 0.129. The number of hydrogen-bond donors (Lipinski definition) is 3. The lowest BCUT2D eigenvalue weighted by Crippen LogP contribution is -2.44. The fourth-order valence-corrected chi connectivity index (χ4v) is 2.03. The van der Waals surface area contributed by atoms with E-state index >= 15 is 0 Å². The first-order valence-corrected chi connectivity index (χ1v) is 7.67. The number of benzene rings is 1. The number of alkyl carbamates (subject to hydrolysis) is 1. The largest absolute Gasteiger partial charge is 0.480 e. The van der Waals surface area contributed by atoms with E-state index in [1.807, 2.05) is 0 Å². The lowest BCUT2D eigenvalue weighted by atomic mass is 10.1. The van der Waals surface area contributed by atoms with Crippen LogP contribution in [-0.2, 0) is 16.0 Å². The smallest absolute Gasteiger partial charge is 0.408 e. The van der Waals surface area contributed by atoms with Crippen molar-refractivity contribution >= 4 is 30.2 Å². The maximum atomic E-state index is 11.8. The summed E-state index contributed by atoms with van der Waals surface area (Å²) in [6, 6.07) is 5.98. The minimum Gasteiger partial charge on any atom is -0.480 e. The zero-order valence-electron chi connectivity index (χ0n) is 14.3. The van der Waals surface area contributed by atoms with Gasteiger partial charge in [-0.05, 0) is 38.5 Å². The van der Waals surface area contributed by atoms with E-state index in [-0.39, 0.29) is 6.42 Å². The van der Waals surface area contributed by atoms with E-state index in [0.717, 1.165) is 11.3 Å². The number of carboxylic acids is 1. The number of carbonyl (C=O) groups excluding carboxylic acids is 1. The summed E-state index contributed by atoms with van der Waals surface area (Å²) in [5.41, 5.74) is 3.49. The van der Waals surface area contributed by atoms with E-state index < -0.39 is 23.7 Å². The Hall–Kier alpha value is -3.10. The van der Waals surface area contributed by atoms with Gasteiger partial charge < -0.3 is 15.2 Å². The molecular formula is C16H21N5O4. The third kappa shape index (κ3) is 5.79. The van der Waals surface area contributed by atoms with Crippen molar-refractivity contribution in [3.8, 4) is 0 Å². The second-order valence-electron chi connectivity index (χ2n) is 6.36. The molecule has 1 amide bonds. The van der Waals surface area contributed by atoms with Crippen LogP contribution in [0.15, 0.2) is 34.5 Å². The van der Waals surface area contributed by atoms with Gasteiger partial charge >= 0.3 is 12.1 Å². The highest BCUT2D eigenvalue weighted by Crippen LogP contribution is 2.16. The summed E-state index contributed by atoms with van der Waals surface area (Å²) in [5, 5.41) is 21.1. The Morgan fingerprint density at radius 2 is 1.96 bits per heavy atom. The minimum atomic E-state index is -1.13. The number of hydrazine groups is 1. The number of carbonyl (C=O) groups is 2. The van der Waals surface area contributed by atoms with Crippen LogP contribution >= 0.6 is 0 Å². The van der Waals surface area contributed by atoms with Crippen LogP contribution in [0.1, 0.15) is 26.3 Å². The van der Waals surface area contributed by atoms with Gasteiger partial charge in [0.25, 0.3) is 0 Å². The Balaban J connectivity index is 1.99. The molecule has 0 radical (unpaired) electrons. The Bertz CT molecular complexity index is 679. The standard InChI is InChI=1S/C16H21N5O4/c1-16(2,3)25-15(24)19-13(14(22)23)10-11-4-6-12(7-5-11)21-18-9-8-17-20-21/h4-9,13,20H,10H2,1-3H3,(H,19,24)(H,22,23)/t13-/m0/s1. The number of rotatable bonds is 5. The summed E-state index contributed by atoms with van der Waals surface area (Å²) in [6.45, 7) is 5.13. The Labute approximate surface area is 145 Å². The van der Waals surface area contributed by atoms with Crippen molar-refractivity contribution in [3.63, 3.8) is 0 Å². The summed E-state index contributed by atoms with van der Waals surface area (Å²) < 4.78 is 5.10. The molecule has 0 spiro atoms. The van der Waals surface area contributed by atoms with E-state index in [0.29, 0.717) is 0 Å². The monoisotopic (exact) mass is 347 g/mol. The van der Waals surface area contributed by atoms with Gasteiger partial charge in [-0.15, -0.1) is 0 Å². The molecule has 0 aliphatic carbocycles. The molecule has 1 aromatic carbocycles. The number of nitrogens with zero attached hydrogens (tertiary/aromatic N) is 3. The van der Waals surface area contributed by atoms with Gasteiger partial charge in [0.05, 0.1) is 18.1 Å². The van der Waals surface area contributed by atoms with E-state index in [1.165, 1.54) is 17.5 Å². The molecule has 134 valence electrons. The highest BCUT2D eigenvalue weighted by Gasteiger charge is 2.24. The van der Waals surface area contributed by atoms with Crippen LogP contribution in [-0.4, -0.2) is 41.2 Å². The molecule has 1 atom stereocenters. The van der Waals surface area contributed by atoms with Crippen molar-refractivity contribution in [2.45, 2.75) is 38.8 Å². The van der Waals surface area contributed by atoms with E-state index in [1.54, 1.807) is 45.0 Å². The molecule has 25 heavy (non-hydrogen) atoms. The molecule has 0 saturated heterocycles. The van der Waals surface area contributed by atoms with Crippen molar-refractivity contribution in [2.75, 3.05) is 5.12 Å². The lowest BCUT2D eigenvalue weighted by Gasteiger charge is -2.22. The number of anilines is 1. The average Bonchev–Trinajstić information content (AvgIpc) is 2.54. The van der Waals surface area contributed by atoms with Crippen molar-refractivity contribution < 1.29 is 19.4 Å². The SMILES string of the molecule is CC(C)(C)OC(=O)N[C@@H](Cc1ccc(N2N=CC=NN2)cc1)C(=O)O. The molecule has 1 aromatic rings. The summed E-state index contributed by atoms with van der Waals surface area (Å²) in [7, 11) is 0. The molecule has 9 nitrogen and oxygen atoms in total. The first-order chi connectivity index (χ1) is 11.7. The highest BCUT2D eigenvalue weighted by atomic mass is 16.6. The lowest BCUT2D eigenvalue weighted by molar-refractivity contribution is -0.139. The quantitative estimate of drug-likeness (QED) is 0.743. The third-order valence-corrected chi connectivity index (χ3v) is 3.09. The molecule has 0 aromatic heterocycles. The van der Waals surface area contributed by atoms with Crippen molar-refractivity contribution in [1.82, 2.24) is 10.9 Å². The molecule has 0 bridgehead atoms. The molecule has 1 heterocycles. The molecule has 1 aliphatic rings. The maximum Gasteiger partial charge on any atom is 0.408 e. The maximum absolute atomic E-state index is 11.8. The second kappa shape index (κ2) is 7.65. The van der Waals surface area contributed by atoms with Crippen LogP contribution in [0.2, 0.25) is 0 Å². The molecule has 9 heteroatoms. The first-order valence-electron chi connectivity index (χ1n) is 7.67. The highest BCUT2D eigenvalue weighted by molar-refractivity contribution is 6.16. The van der Waals surface area contributed by atoms with Gasteiger partial charge in [0.15, 0.2) is 0 Å². The number of nitrogens with one attached hydrogen (secondary N) is 2. The average molecular weight is 347 g/mol. The number of carboxylic acid groups (broad SMARTS) is 1. The van der Waals surface area contributed by atoms with E-state index in [9.17, 15) is 14.7 Å².